The Kier molecular flexibility index (Phi) is 2.92. The molecule has 16 heavy (non-hydrogen) atoms. The van der Waals surface area contributed by atoms with E-state index in [4.69, 9.17) is 14.3 Å². The molecule has 0 spiro atoms. The monoisotopic (exact) mass is 220 g/mol. The van der Waals surface area contributed by atoms with E-state index in [1.807, 2.05) is 24.3 Å². The lowest BCUT2D eigenvalue weighted by Crippen LogP contribution is -2.16. The van der Waals surface area contributed by atoms with Crippen molar-refractivity contribution in [2.24, 2.45) is 0 Å². The molecule has 84 valence electrons. The molecule has 0 amide bonds. The van der Waals surface area contributed by atoms with Gasteiger partial charge in [0.2, 0.25) is 0 Å². The zero-order valence-corrected chi connectivity index (χ0v) is 8.84. The van der Waals surface area contributed by atoms with Crippen LogP contribution in [0.4, 0.5) is 0 Å². The van der Waals surface area contributed by atoms with E-state index in [1.165, 1.54) is 13.4 Å². The lowest BCUT2D eigenvalue weighted by molar-refractivity contribution is -0.140. The highest BCUT2D eigenvalue weighted by molar-refractivity contribution is 5.88. The largest absolute Gasteiger partial charge is 0.481 e. The van der Waals surface area contributed by atoms with Crippen molar-refractivity contribution in [3.05, 3.63) is 36.1 Å². The molecule has 2 aromatic rings. The minimum absolute atomic E-state index is 0.138. The molecule has 1 unspecified atom stereocenters. The Hall–Kier alpha value is -1.81. The van der Waals surface area contributed by atoms with Crippen LogP contribution >= 0.6 is 0 Å². The van der Waals surface area contributed by atoms with Crippen molar-refractivity contribution in [3.63, 3.8) is 0 Å². The van der Waals surface area contributed by atoms with Crippen molar-refractivity contribution >= 4 is 16.9 Å². The summed E-state index contributed by atoms with van der Waals surface area (Å²) in [4.78, 5) is 11.1. The second kappa shape index (κ2) is 4.37. The van der Waals surface area contributed by atoms with Crippen molar-refractivity contribution in [1.82, 2.24) is 0 Å². The summed E-state index contributed by atoms with van der Waals surface area (Å²) in [6.07, 6.45) is 1.49. The molecule has 4 nitrogen and oxygen atoms in total. The number of ether oxygens (including phenoxy) is 1. The number of hydrogen-bond donors (Lipinski definition) is 1. The smallest absolute Gasteiger partial charge is 0.313 e. The molecule has 1 aromatic carbocycles. The molecular weight excluding hydrogens is 208 g/mol. The van der Waals surface area contributed by atoms with Gasteiger partial charge in [0.25, 0.3) is 0 Å². The lowest BCUT2D eigenvalue weighted by Gasteiger charge is -2.09. The van der Waals surface area contributed by atoms with Gasteiger partial charge >= 0.3 is 5.97 Å². The van der Waals surface area contributed by atoms with Crippen LogP contribution in [0, 0.1) is 0 Å². The number of carboxylic acids is 1. The molecule has 1 heterocycles. The maximum atomic E-state index is 11.1. The number of furan rings is 1. The zero-order chi connectivity index (χ0) is 11.5. The first kappa shape index (κ1) is 10.7. The molecule has 0 aliphatic heterocycles. The average molecular weight is 220 g/mol. The predicted octanol–water partition coefficient (Wildman–Crippen LogP) is 2.25. The number of methoxy groups -OCH3 is 1. The summed E-state index contributed by atoms with van der Waals surface area (Å²) in [6.45, 7) is 0.138. The summed E-state index contributed by atoms with van der Waals surface area (Å²) in [5.41, 5.74) is 1.35. The average Bonchev–Trinajstić information content (AvgIpc) is 2.69. The lowest BCUT2D eigenvalue weighted by atomic mass is 10.00. The van der Waals surface area contributed by atoms with Gasteiger partial charge < -0.3 is 14.3 Å². The molecule has 0 fully saturated rings. The van der Waals surface area contributed by atoms with Crippen LogP contribution in [0.5, 0.6) is 0 Å². The van der Waals surface area contributed by atoms with Crippen LogP contribution in [0.3, 0.4) is 0 Å². The van der Waals surface area contributed by atoms with Gasteiger partial charge in [0.1, 0.15) is 11.5 Å². The minimum atomic E-state index is -0.909. The third kappa shape index (κ3) is 1.79. The van der Waals surface area contributed by atoms with Gasteiger partial charge in [-0.15, -0.1) is 0 Å². The van der Waals surface area contributed by atoms with E-state index in [1.54, 1.807) is 0 Å². The number of hydrogen-bond acceptors (Lipinski definition) is 3. The number of benzene rings is 1. The molecule has 2 rings (SSSR count). The maximum absolute atomic E-state index is 11.1. The summed E-state index contributed by atoms with van der Waals surface area (Å²) in [5, 5.41) is 9.94. The first-order valence-electron chi connectivity index (χ1n) is 4.92. The normalized spacial score (nSPS) is 12.8. The van der Waals surface area contributed by atoms with E-state index in [2.05, 4.69) is 0 Å². The van der Waals surface area contributed by atoms with Crippen LogP contribution in [0.2, 0.25) is 0 Å². The number of para-hydroxylation sites is 1. The third-order valence-electron chi connectivity index (χ3n) is 2.52. The molecule has 4 heteroatoms. The fourth-order valence-corrected chi connectivity index (χ4v) is 1.73. The SMILES string of the molecule is COCC(C(=O)O)c1coc2ccccc12. The third-order valence-corrected chi connectivity index (χ3v) is 2.52. The quantitative estimate of drug-likeness (QED) is 0.858. The molecule has 0 radical (unpaired) electrons. The van der Waals surface area contributed by atoms with Crippen molar-refractivity contribution in [2.75, 3.05) is 13.7 Å². The minimum Gasteiger partial charge on any atom is -0.481 e. The maximum Gasteiger partial charge on any atom is 0.313 e. The van der Waals surface area contributed by atoms with Crippen molar-refractivity contribution < 1.29 is 19.1 Å². The standard InChI is InChI=1S/C12H12O4/c1-15-6-10(12(13)14)9-7-16-11-5-3-2-4-8(9)11/h2-5,7,10H,6H2,1H3,(H,13,14). The first-order chi connectivity index (χ1) is 7.74. The Balaban J connectivity index is 2.48. The van der Waals surface area contributed by atoms with E-state index < -0.39 is 11.9 Å². The van der Waals surface area contributed by atoms with Gasteiger partial charge in [0.05, 0.1) is 12.9 Å². The van der Waals surface area contributed by atoms with Gasteiger partial charge in [0.15, 0.2) is 0 Å². The van der Waals surface area contributed by atoms with Crippen LogP contribution in [0.1, 0.15) is 11.5 Å². The highest BCUT2D eigenvalue weighted by atomic mass is 16.5. The van der Waals surface area contributed by atoms with E-state index in [-0.39, 0.29) is 6.61 Å². The van der Waals surface area contributed by atoms with Gasteiger partial charge in [-0.2, -0.15) is 0 Å². The number of fused-ring (bicyclic) bond motifs is 1. The highest BCUT2D eigenvalue weighted by Crippen LogP contribution is 2.27. The van der Waals surface area contributed by atoms with Gasteiger partial charge in [-0.3, -0.25) is 4.79 Å². The number of aliphatic carboxylic acids is 1. The molecule has 0 saturated heterocycles. The number of carbonyl (C=O) groups is 1. The number of carboxylic acid groups (broad SMARTS) is 1. The Morgan fingerprint density at radius 3 is 2.94 bits per heavy atom. The predicted molar refractivity (Wildman–Crippen MR) is 58.5 cm³/mol. The van der Waals surface area contributed by atoms with Crippen LogP contribution in [0.25, 0.3) is 11.0 Å². The van der Waals surface area contributed by atoms with Gasteiger partial charge in [-0.25, -0.2) is 0 Å². The van der Waals surface area contributed by atoms with Crippen LogP contribution < -0.4 is 0 Å². The van der Waals surface area contributed by atoms with E-state index >= 15 is 0 Å². The Morgan fingerprint density at radius 1 is 1.50 bits per heavy atom. The van der Waals surface area contributed by atoms with Crippen molar-refractivity contribution in [2.45, 2.75) is 5.92 Å². The van der Waals surface area contributed by atoms with Crippen molar-refractivity contribution in [1.29, 1.82) is 0 Å². The molecule has 0 aliphatic carbocycles. The Morgan fingerprint density at radius 2 is 2.25 bits per heavy atom. The summed E-state index contributed by atoms with van der Waals surface area (Å²) in [6, 6.07) is 7.36. The van der Waals surface area contributed by atoms with Crippen LogP contribution in [-0.4, -0.2) is 24.8 Å². The van der Waals surface area contributed by atoms with Gasteiger partial charge in [-0.1, -0.05) is 18.2 Å². The molecule has 0 saturated carbocycles. The van der Waals surface area contributed by atoms with E-state index in [0.717, 1.165) is 5.39 Å². The van der Waals surface area contributed by atoms with Crippen LogP contribution in [-0.2, 0) is 9.53 Å². The summed E-state index contributed by atoms with van der Waals surface area (Å²) in [5.74, 6) is -1.60. The van der Waals surface area contributed by atoms with Gasteiger partial charge in [-0.05, 0) is 6.07 Å². The molecule has 1 N–H and O–H groups in total. The summed E-state index contributed by atoms with van der Waals surface area (Å²) in [7, 11) is 1.48. The highest BCUT2D eigenvalue weighted by Gasteiger charge is 2.23. The number of rotatable bonds is 4. The fraction of sp³-hybridized carbons (Fsp3) is 0.250. The topological polar surface area (TPSA) is 59.7 Å². The first-order valence-corrected chi connectivity index (χ1v) is 4.92. The van der Waals surface area contributed by atoms with Gasteiger partial charge in [0, 0.05) is 18.1 Å². The molecule has 1 aromatic heterocycles. The zero-order valence-electron chi connectivity index (χ0n) is 8.84. The molecule has 0 bridgehead atoms. The second-order valence-electron chi connectivity index (χ2n) is 3.53. The molecular formula is C12H12O4. The summed E-state index contributed by atoms with van der Waals surface area (Å²) >= 11 is 0. The summed E-state index contributed by atoms with van der Waals surface area (Å²) < 4.78 is 10.2. The van der Waals surface area contributed by atoms with Crippen molar-refractivity contribution in [3.8, 4) is 0 Å². The van der Waals surface area contributed by atoms with E-state index in [9.17, 15) is 4.79 Å². The van der Waals surface area contributed by atoms with Crippen LogP contribution in [0.15, 0.2) is 34.9 Å². The molecule has 1 atom stereocenters. The van der Waals surface area contributed by atoms with E-state index in [0.29, 0.717) is 11.1 Å². The Bertz CT molecular complexity index is 500. The molecule has 0 aliphatic rings. The Labute approximate surface area is 92.4 Å². The second-order valence-corrected chi connectivity index (χ2v) is 3.53. The fourth-order valence-electron chi connectivity index (χ4n) is 1.73.